The van der Waals surface area contributed by atoms with Crippen molar-refractivity contribution < 1.29 is 14.6 Å². The number of H-pyrrole nitrogens is 1. The molecule has 1 saturated heterocycles. The first-order valence-electron chi connectivity index (χ1n) is 16.0. The molecule has 2 fully saturated rings. The summed E-state index contributed by atoms with van der Waals surface area (Å²) in [6.07, 6.45) is 10.2. The first kappa shape index (κ1) is 28.0. The predicted molar refractivity (Wildman–Crippen MR) is 172 cm³/mol. The number of aromatic amines is 1. The Kier molecular flexibility index (Phi) is 7.10. The molecule has 0 spiro atoms. The van der Waals surface area contributed by atoms with Gasteiger partial charge in [0.05, 0.1) is 48.0 Å². The number of fused-ring (bicyclic) bond motifs is 2. The van der Waals surface area contributed by atoms with Crippen molar-refractivity contribution in [2.75, 3.05) is 37.7 Å². The topological polar surface area (TPSA) is 112 Å². The summed E-state index contributed by atoms with van der Waals surface area (Å²) in [5, 5.41) is 16.3. The fraction of sp³-hybridized carbons (Fsp3) is 0.371. The molecule has 230 valence electrons. The largest absolute Gasteiger partial charge is 0.491 e. The zero-order chi connectivity index (χ0) is 30.5. The van der Waals surface area contributed by atoms with E-state index in [0.717, 1.165) is 48.3 Å². The van der Waals surface area contributed by atoms with Gasteiger partial charge >= 0.3 is 0 Å². The second kappa shape index (κ2) is 11.4. The Morgan fingerprint density at radius 3 is 2.82 bits per heavy atom. The Labute approximate surface area is 261 Å². The Bertz CT molecular complexity index is 1890. The number of hydrogen-bond donors (Lipinski definition) is 2. The first-order chi connectivity index (χ1) is 22.1. The highest BCUT2D eigenvalue weighted by Gasteiger charge is 2.30. The molecule has 10 heteroatoms. The van der Waals surface area contributed by atoms with Gasteiger partial charge in [-0.1, -0.05) is 25.1 Å². The number of anilines is 1. The van der Waals surface area contributed by atoms with Gasteiger partial charge in [-0.15, -0.1) is 0 Å². The van der Waals surface area contributed by atoms with Gasteiger partial charge in [-0.05, 0) is 74.5 Å². The van der Waals surface area contributed by atoms with Crippen LogP contribution in [0.3, 0.4) is 0 Å². The summed E-state index contributed by atoms with van der Waals surface area (Å²) in [6, 6.07) is 14.1. The van der Waals surface area contributed by atoms with Gasteiger partial charge in [-0.3, -0.25) is 9.48 Å². The van der Waals surface area contributed by atoms with E-state index in [1.54, 1.807) is 4.90 Å². The molecule has 1 amide bonds. The van der Waals surface area contributed by atoms with E-state index in [9.17, 15) is 9.90 Å². The third-order valence-electron chi connectivity index (χ3n) is 9.60. The average molecular weight is 604 g/mol. The van der Waals surface area contributed by atoms with E-state index in [0.29, 0.717) is 59.0 Å². The lowest BCUT2D eigenvalue weighted by Gasteiger charge is -2.31. The van der Waals surface area contributed by atoms with Gasteiger partial charge in [0, 0.05) is 34.8 Å². The smallest absolute Gasteiger partial charge is 0.262 e. The average Bonchev–Trinajstić information content (AvgIpc) is 3.69. The van der Waals surface area contributed by atoms with Crippen LogP contribution in [-0.4, -0.2) is 73.4 Å². The fourth-order valence-electron chi connectivity index (χ4n) is 6.97. The van der Waals surface area contributed by atoms with Gasteiger partial charge in [0.1, 0.15) is 24.3 Å². The molecule has 2 aliphatic heterocycles. The number of ether oxygens (including phenoxy) is 1. The number of benzene rings is 2. The van der Waals surface area contributed by atoms with E-state index in [4.69, 9.17) is 9.84 Å². The van der Waals surface area contributed by atoms with Crippen LogP contribution >= 0.6 is 0 Å². The number of likely N-dealkylation sites (N-methyl/N-ethyl adjacent to an activating group) is 1. The summed E-state index contributed by atoms with van der Waals surface area (Å²) in [5.74, 6) is 1.08. The van der Waals surface area contributed by atoms with Crippen LogP contribution < -0.4 is 9.64 Å². The highest BCUT2D eigenvalue weighted by molar-refractivity contribution is 6.09. The number of carbonyl (C=O) groups excluding carboxylic acids is 1. The number of amides is 1. The number of carbonyl (C=O) groups is 1. The Morgan fingerprint density at radius 2 is 1.98 bits per heavy atom. The van der Waals surface area contributed by atoms with Crippen molar-refractivity contribution in [3.8, 4) is 28.3 Å². The molecule has 3 aromatic heterocycles. The second-order valence-electron chi connectivity index (χ2n) is 12.4. The summed E-state index contributed by atoms with van der Waals surface area (Å²) >= 11 is 0. The molecule has 10 nitrogen and oxygen atoms in total. The number of aliphatic hydroxyl groups is 1. The number of rotatable bonds is 7. The van der Waals surface area contributed by atoms with E-state index in [2.05, 4.69) is 43.7 Å². The minimum Gasteiger partial charge on any atom is -0.491 e. The lowest BCUT2D eigenvalue weighted by atomic mass is 9.99. The molecule has 5 heterocycles. The summed E-state index contributed by atoms with van der Waals surface area (Å²) in [6.45, 7) is 5.91. The van der Waals surface area contributed by atoms with Gasteiger partial charge in [-0.2, -0.15) is 5.10 Å². The summed E-state index contributed by atoms with van der Waals surface area (Å²) in [7, 11) is 0. The monoisotopic (exact) mass is 603 g/mol. The van der Waals surface area contributed by atoms with E-state index < -0.39 is 0 Å². The summed E-state index contributed by atoms with van der Waals surface area (Å²) in [4.78, 5) is 30.8. The van der Waals surface area contributed by atoms with Crippen molar-refractivity contribution in [3.63, 3.8) is 0 Å². The molecule has 0 bridgehead atoms. The predicted octanol–water partition coefficient (Wildman–Crippen LogP) is 5.55. The molecule has 2 aromatic carbocycles. The van der Waals surface area contributed by atoms with Crippen molar-refractivity contribution in [2.24, 2.45) is 0 Å². The summed E-state index contributed by atoms with van der Waals surface area (Å²) in [5.41, 5.74) is 7.11. The second-order valence-corrected chi connectivity index (χ2v) is 12.4. The highest BCUT2D eigenvalue weighted by Crippen LogP contribution is 2.43. The van der Waals surface area contributed by atoms with E-state index >= 15 is 0 Å². The number of hydrogen-bond acceptors (Lipinski definition) is 7. The maximum atomic E-state index is 13.9. The van der Waals surface area contributed by atoms with Crippen LogP contribution in [0.5, 0.6) is 5.75 Å². The first-order valence-corrected chi connectivity index (χ1v) is 16.0. The van der Waals surface area contributed by atoms with Gasteiger partial charge < -0.3 is 24.6 Å². The van der Waals surface area contributed by atoms with E-state index in [-0.39, 0.29) is 12.5 Å². The van der Waals surface area contributed by atoms with Gasteiger partial charge in [0.25, 0.3) is 5.91 Å². The zero-order valence-electron chi connectivity index (χ0n) is 25.4. The minimum absolute atomic E-state index is 0.134. The molecular weight excluding hydrogens is 566 g/mol. The fourth-order valence-corrected chi connectivity index (χ4v) is 6.97. The maximum Gasteiger partial charge on any atom is 0.262 e. The summed E-state index contributed by atoms with van der Waals surface area (Å²) < 4.78 is 8.17. The standard InChI is InChI=1S/C35H37N7O3/c1-2-40-12-4-5-25(19-40)42-18-24(17-38-42)30-16-28-33(36-21-37-34(28)39-30)26-6-3-7-31(29(26)20-43)41-13-14-45-32-15-23(22-8-9-22)10-11-27(32)35(41)44/h3,6-7,10-11,15-18,21-22,25,43H,2,4-5,8-9,12-14,19-20H2,1H3,(H,36,37,39)/t25-/m1/s1. The van der Waals surface area contributed by atoms with Gasteiger partial charge in [0.2, 0.25) is 0 Å². The zero-order valence-corrected chi connectivity index (χ0v) is 25.4. The molecule has 45 heavy (non-hydrogen) atoms. The molecule has 3 aliphatic rings. The van der Waals surface area contributed by atoms with E-state index in [1.807, 2.05) is 42.6 Å². The Morgan fingerprint density at radius 1 is 1.07 bits per heavy atom. The molecule has 1 saturated carbocycles. The van der Waals surface area contributed by atoms with E-state index in [1.165, 1.54) is 31.2 Å². The van der Waals surface area contributed by atoms with Crippen LogP contribution in [0.1, 0.15) is 66.1 Å². The molecule has 5 aromatic rings. The Balaban J connectivity index is 1.13. The lowest BCUT2D eigenvalue weighted by molar-refractivity contribution is 0.0989. The number of likely N-dealkylation sites (tertiary alicyclic amines) is 1. The van der Waals surface area contributed by atoms with Crippen LogP contribution in [0.2, 0.25) is 0 Å². The van der Waals surface area contributed by atoms with Crippen molar-refractivity contribution in [1.29, 1.82) is 0 Å². The molecule has 8 rings (SSSR count). The molecule has 1 aliphatic carbocycles. The number of nitrogens with zero attached hydrogens (tertiary/aromatic N) is 6. The number of aliphatic hydroxyl groups excluding tert-OH is 1. The molecule has 1 atom stereocenters. The van der Waals surface area contributed by atoms with Crippen molar-refractivity contribution in [2.45, 2.75) is 51.2 Å². The van der Waals surface area contributed by atoms with Crippen molar-refractivity contribution in [1.82, 2.24) is 29.6 Å². The third kappa shape index (κ3) is 5.07. The number of aromatic nitrogens is 5. The van der Waals surface area contributed by atoms with Gasteiger partial charge in [0.15, 0.2) is 0 Å². The number of piperidine rings is 1. The van der Waals surface area contributed by atoms with Crippen LogP contribution in [-0.2, 0) is 6.61 Å². The quantitative estimate of drug-likeness (QED) is 0.251. The van der Waals surface area contributed by atoms with Crippen LogP contribution in [0.25, 0.3) is 33.5 Å². The SMILES string of the molecule is CCN1CCC[C@@H](n2cc(-c3cc4c(-c5cccc(N6CCOc7cc(C8CC8)ccc7C6=O)c5CO)ncnc4[nH]3)cn2)C1. The van der Waals surface area contributed by atoms with Gasteiger partial charge in [-0.25, -0.2) is 9.97 Å². The molecule has 2 N–H and O–H groups in total. The molecule has 0 unspecified atom stereocenters. The molecular formula is C35H37N7O3. The molecule has 0 radical (unpaired) electrons. The van der Waals surface area contributed by atoms with Crippen LogP contribution in [0, 0.1) is 0 Å². The minimum atomic E-state index is -0.255. The van der Waals surface area contributed by atoms with Crippen LogP contribution in [0.15, 0.2) is 61.2 Å². The van der Waals surface area contributed by atoms with Crippen molar-refractivity contribution in [3.05, 3.63) is 77.9 Å². The van der Waals surface area contributed by atoms with Crippen LogP contribution in [0.4, 0.5) is 5.69 Å². The van der Waals surface area contributed by atoms with Crippen molar-refractivity contribution >= 4 is 22.6 Å². The normalized spacial score (nSPS) is 19.0. The maximum absolute atomic E-state index is 13.9. The Hall–Kier alpha value is -4.54. The number of nitrogens with one attached hydrogen (secondary N) is 1. The lowest BCUT2D eigenvalue weighted by Crippen LogP contribution is -2.36. The highest BCUT2D eigenvalue weighted by atomic mass is 16.5. The third-order valence-corrected chi connectivity index (χ3v) is 9.60.